The van der Waals surface area contributed by atoms with Gasteiger partial charge in [0, 0.05) is 13.2 Å². The SMILES string of the molecule is CCCCOCCOCCO.CCCOCCOCCO. The first-order chi connectivity index (χ1) is 10.3. The molecule has 0 aromatic rings. The third kappa shape index (κ3) is 28.6. The van der Waals surface area contributed by atoms with Gasteiger partial charge in [0.1, 0.15) is 0 Å². The highest BCUT2D eigenvalue weighted by Gasteiger charge is 1.88. The Morgan fingerprint density at radius 2 is 0.952 bits per heavy atom. The summed E-state index contributed by atoms with van der Waals surface area (Å²) in [6.45, 7) is 9.26. The molecule has 0 saturated carbocycles. The highest BCUT2D eigenvalue weighted by Crippen LogP contribution is 1.87. The second-order valence-corrected chi connectivity index (χ2v) is 4.25. The van der Waals surface area contributed by atoms with E-state index in [0.29, 0.717) is 39.6 Å². The van der Waals surface area contributed by atoms with Crippen LogP contribution < -0.4 is 0 Å². The van der Waals surface area contributed by atoms with Crippen molar-refractivity contribution < 1.29 is 29.2 Å². The van der Waals surface area contributed by atoms with Crippen molar-refractivity contribution in [1.29, 1.82) is 0 Å². The monoisotopic (exact) mass is 310 g/mol. The molecule has 0 aromatic heterocycles. The van der Waals surface area contributed by atoms with Gasteiger partial charge in [-0.05, 0) is 12.8 Å². The van der Waals surface area contributed by atoms with Crippen LogP contribution in [-0.2, 0) is 18.9 Å². The van der Waals surface area contributed by atoms with Crippen molar-refractivity contribution in [3.63, 3.8) is 0 Å². The van der Waals surface area contributed by atoms with Crippen LogP contribution in [0, 0.1) is 0 Å². The zero-order chi connectivity index (χ0) is 16.0. The average Bonchev–Trinajstić information content (AvgIpc) is 2.51. The molecule has 6 heteroatoms. The summed E-state index contributed by atoms with van der Waals surface area (Å²) in [5.74, 6) is 0. The number of aliphatic hydroxyl groups excluding tert-OH is 2. The van der Waals surface area contributed by atoms with Gasteiger partial charge in [-0.15, -0.1) is 0 Å². The first kappa shape index (κ1) is 23.0. The van der Waals surface area contributed by atoms with E-state index in [-0.39, 0.29) is 13.2 Å². The number of unbranched alkanes of at least 4 members (excludes halogenated alkanes) is 1. The maximum absolute atomic E-state index is 8.34. The lowest BCUT2D eigenvalue weighted by Gasteiger charge is -2.02. The van der Waals surface area contributed by atoms with Crippen LogP contribution in [-0.4, -0.2) is 76.3 Å². The predicted octanol–water partition coefficient (Wildman–Crippen LogP) is 1.23. The van der Waals surface area contributed by atoms with E-state index in [1.807, 2.05) is 0 Å². The summed E-state index contributed by atoms with van der Waals surface area (Å²) in [5.41, 5.74) is 0. The van der Waals surface area contributed by atoms with Crippen LogP contribution in [0.25, 0.3) is 0 Å². The number of ether oxygens (including phenoxy) is 4. The summed E-state index contributed by atoms with van der Waals surface area (Å²) in [4.78, 5) is 0. The molecule has 0 spiro atoms. The lowest BCUT2D eigenvalue weighted by Crippen LogP contribution is -2.07. The summed E-state index contributed by atoms with van der Waals surface area (Å²) in [6.07, 6.45) is 3.32. The summed E-state index contributed by atoms with van der Waals surface area (Å²) < 4.78 is 20.3. The van der Waals surface area contributed by atoms with Gasteiger partial charge in [-0.3, -0.25) is 0 Å². The molecule has 0 heterocycles. The normalized spacial score (nSPS) is 10.3. The Kier molecular flexibility index (Phi) is 27.2. The smallest absolute Gasteiger partial charge is 0.0701 e. The highest BCUT2D eigenvalue weighted by molar-refractivity contribution is 4.33. The second kappa shape index (κ2) is 24.8. The zero-order valence-corrected chi connectivity index (χ0v) is 13.7. The first-order valence-electron chi connectivity index (χ1n) is 7.86. The van der Waals surface area contributed by atoms with E-state index in [2.05, 4.69) is 13.8 Å². The molecule has 6 nitrogen and oxygen atoms in total. The molecule has 0 radical (unpaired) electrons. The molecule has 0 aromatic carbocycles. The molecule has 21 heavy (non-hydrogen) atoms. The number of rotatable bonds is 15. The molecule has 0 amide bonds. The van der Waals surface area contributed by atoms with E-state index < -0.39 is 0 Å². The van der Waals surface area contributed by atoms with Crippen LogP contribution in [0.4, 0.5) is 0 Å². The van der Waals surface area contributed by atoms with Crippen molar-refractivity contribution in [1.82, 2.24) is 0 Å². The van der Waals surface area contributed by atoms with Gasteiger partial charge in [0.15, 0.2) is 0 Å². The van der Waals surface area contributed by atoms with Crippen molar-refractivity contribution in [2.75, 3.05) is 66.1 Å². The van der Waals surface area contributed by atoms with Crippen LogP contribution in [0.3, 0.4) is 0 Å². The molecule has 130 valence electrons. The average molecular weight is 310 g/mol. The minimum Gasteiger partial charge on any atom is -0.394 e. The Hall–Kier alpha value is -0.240. The number of hydrogen-bond donors (Lipinski definition) is 2. The summed E-state index contributed by atoms with van der Waals surface area (Å²) in [5, 5.41) is 16.6. The molecule has 0 atom stereocenters. The minimum absolute atomic E-state index is 0.0910. The standard InChI is InChI=1S/C8H18O3.C7H16O3/c1-2-3-5-10-7-8-11-6-4-9;1-2-4-9-6-7-10-5-3-8/h9H,2-8H2,1H3;8H,2-7H2,1H3. The Bertz CT molecular complexity index is 141. The van der Waals surface area contributed by atoms with Gasteiger partial charge >= 0.3 is 0 Å². The predicted molar refractivity (Wildman–Crippen MR) is 82.6 cm³/mol. The fraction of sp³-hybridized carbons (Fsp3) is 1.00. The third-order valence-electron chi connectivity index (χ3n) is 2.21. The van der Waals surface area contributed by atoms with Crippen molar-refractivity contribution in [2.24, 2.45) is 0 Å². The lowest BCUT2D eigenvalue weighted by atomic mass is 10.4. The molecular weight excluding hydrogens is 276 g/mol. The molecular formula is C15H34O6. The molecule has 0 rings (SSSR count). The lowest BCUT2D eigenvalue weighted by molar-refractivity contribution is 0.0324. The van der Waals surface area contributed by atoms with E-state index in [1.165, 1.54) is 0 Å². The van der Waals surface area contributed by atoms with E-state index in [9.17, 15) is 0 Å². The van der Waals surface area contributed by atoms with Crippen molar-refractivity contribution in [2.45, 2.75) is 33.1 Å². The molecule has 0 saturated heterocycles. The van der Waals surface area contributed by atoms with Gasteiger partial charge in [-0.1, -0.05) is 20.3 Å². The highest BCUT2D eigenvalue weighted by atomic mass is 16.5. The minimum atomic E-state index is 0.0910. The van der Waals surface area contributed by atoms with Gasteiger partial charge in [0.25, 0.3) is 0 Å². The Labute approximate surface area is 129 Å². The Morgan fingerprint density at radius 1 is 0.524 bits per heavy atom. The van der Waals surface area contributed by atoms with Gasteiger partial charge < -0.3 is 29.2 Å². The topological polar surface area (TPSA) is 77.4 Å². The van der Waals surface area contributed by atoms with Crippen LogP contribution in [0.5, 0.6) is 0 Å². The molecule has 0 fully saturated rings. The van der Waals surface area contributed by atoms with Gasteiger partial charge in [0.05, 0.1) is 52.9 Å². The van der Waals surface area contributed by atoms with Gasteiger partial charge in [-0.25, -0.2) is 0 Å². The maximum Gasteiger partial charge on any atom is 0.0701 e. The zero-order valence-electron chi connectivity index (χ0n) is 13.7. The van der Waals surface area contributed by atoms with E-state index in [1.54, 1.807) is 0 Å². The van der Waals surface area contributed by atoms with Crippen LogP contribution in [0.1, 0.15) is 33.1 Å². The van der Waals surface area contributed by atoms with E-state index >= 15 is 0 Å². The van der Waals surface area contributed by atoms with Crippen molar-refractivity contribution in [3.8, 4) is 0 Å². The largest absolute Gasteiger partial charge is 0.394 e. The molecule has 0 aliphatic heterocycles. The van der Waals surface area contributed by atoms with Crippen LogP contribution in [0.2, 0.25) is 0 Å². The molecule has 0 bridgehead atoms. The molecule has 0 unspecified atom stereocenters. The van der Waals surface area contributed by atoms with Crippen molar-refractivity contribution >= 4 is 0 Å². The fourth-order valence-electron chi connectivity index (χ4n) is 1.16. The maximum atomic E-state index is 8.34. The molecule has 0 aliphatic rings. The quantitative estimate of drug-likeness (QED) is 0.443. The van der Waals surface area contributed by atoms with Crippen LogP contribution >= 0.6 is 0 Å². The third-order valence-corrected chi connectivity index (χ3v) is 2.21. The number of hydrogen-bond acceptors (Lipinski definition) is 6. The second-order valence-electron chi connectivity index (χ2n) is 4.25. The summed E-state index contributed by atoms with van der Waals surface area (Å²) in [7, 11) is 0. The number of aliphatic hydroxyl groups is 2. The van der Waals surface area contributed by atoms with Gasteiger partial charge in [0.2, 0.25) is 0 Å². The molecule has 2 N–H and O–H groups in total. The van der Waals surface area contributed by atoms with Crippen molar-refractivity contribution in [3.05, 3.63) is 0 Å². The fourth-order valence-corrected chi connectivity index (χ4v) is 1.16. The summed E-state index contributed by atoms with van der Waals surface area (Å²) >= 11 is 0. The van der Waals surface area contributed by atoms with E-state index in [4.69, 9.17) is 29.2 Å². The van der Waals surface area contributed by atoms with Gasteiger partial charge in [-0.2, -0.15) is 0 Å². The summed E-state index contributed by atoms with van der Waals surface area (Å²) in [6, 6.07) is 0. The Balaban J connectivity index is 0. The van der Waals surface area contributed by atoms with Crippen LogP contribution in [0.15, 0.2) is 0 Å². The Morgan fingerprint density at radius 3 is 1.33 bits per heavy atom. The first-order valence-corrected chi connectivity index (χ1v) is 7.86. The van der Waals surface area contributed by atoms with E-state index in [0.717, 1.165) is 32.5 Å². The molecule has 0 aliphatic carbocycles.